The maximum Gasteiger partial charge on any atom is 0.354 e. The lowest BCUT2D eigenvalue weighted by molar-refractivity contribution is 0.0687. The first-order chi connectivity index (χ1) is 8.99. The molecule has 100 valence electrons. The van der Waals surface area contributed by atoms with Crippen LogP contribution in [0, 0.1) is 6.92 Å². The van der Waals surface area contributed by atoms with Crippen molar-refractivity contribution in [2.75, 3.05) is 0 Å². The Bertz CT molecular complexity index is 585. The minimum Gasteiger partial charge on any atom is -0.491 e. The highest BCUT2D eigenvalue weighted by atomic mass is 16.5. The van der Waals surface area contributed by atoms with Crippen molar-refractivity contribution in [2.45, 2.75) is 26.9 Å². The van der Waals surface area contributed by atoms with Gasteiger partial charge in [-0.25, -0.2) is 9.78 Å². The van der Waals surface area contributed by atoms with E-state index in [1.54, 1.807) is 11.5 Å². The molecule has 0 atom stereocenters. The number of aromatic nitrogens is 2. The summed E-state index contributed by atoms with van der Waals surface area (Å²) >= 11 is 0. The van der Waals surface area contributed by atoms with Gasteiger partial charge in [-0.2, -0.15) is 0 Å². The molecule has 0 fully saturated rings. The predicted molar refractivity (Wildman–Crippen MR) is 71.0 cm³/mol. The van der Waals surface area contributed by atoms with Crippen LogP contribution in [0.4, 0.5) is 0 Å². The van der Waals surface area contributed by atoms with Crippen LogP contribution in [0.5, 0.6) is 5.75 Å². The van der Waals surface area contributed by atoms with Gasteiger partial charge in [0.2, 0.25) is 0 Å². The Balaban J connectivity index is 2.35. The number of rotatable bonds is 4. The van der Waals surface area contributed by atoms with E-state index in [0.717, 1.165) is 11.4 Å². The zero-order valence-electron chi connectivity index (χ0n) is 11.1. The van der Waals surface area contributed by atoms with Crippen molar-refractivity contribution in [3.05, 3.63) is 42.0 Å². The zero-order valence-corrected chi connectivity index (χ0v) is 11.1. The second-order valence-electron chi connectivity index (χ2n) is 4.51. The van der Waals surface area contributed by atoms with Gasteiger partial charge in [-0.3, -0.25) is 4.57 Å². The summed E-state index contributed by atoms with van der Waals surface area (Å²) in [5, 5.41) is 9.18. The minimum atomic E-state index is -0.988. The molecule has 1 aromatic carbocycles. The molecule has 1 heterocycles. The van der Waals surface area contributed by atoms with Gasteiger partial charge >= 0.3 is 5.97 Å². The molecule has 5 nitrogen and oxygen atoms in total. The molecule has 1 N–H and O–H groups in total. The van der Waals surface area contributed by atoms with Crippen molar-refractivity contribution >= 4 is 5.97 Å². The van der Waals surface area contributed by atoms with Gasteiger partial charge in [0.05, 0.1) is 11.8 Å². The number of carbonyl (C=O) groups is 1. The first-order valence-electron chi connectivity index (χ1n) is 6.03. The standard InChI is InChI=1S/C14H16N2O3/c1-9(2)19-12-6-4-11(5-7-12)16-8-15-10(3)13(16)14(17)18/h4-9H,1-3H3,(H,17,18). The molecule has 0 aliphatic rings. The fraction of sp³-hybridized carbons (Fsp3) is 0.286. The summed E-state index contributed by atoms with van der Waals surface area (Å²) in [6.07, 6.45) is 1.62. The molecule has 0 aliphatic carbocycles. The molecule has 0 amide bonds. The number of nitrogens with zero attached hydrogens (tertiary/aromatic N) is 2. The number of aromatic carboxylic acids is 1. The Labute approximate surface area is 111 Å². The molecule has 5 heteroatoms. The van der Waals surface area contributed by atoms with Crippen LogP contribution < -0.4 is 4.74 Å². The molecule has 19 heavy (non-hydrogen) atoms. The van der Waals surface area contributed by atoms with Gasteiger partial charge < -0.3 is 9.84 Å². The molecule has 0 radical (unpaired) electrons. The van der Waals surface area contributed by atoms with E-state index in [0.29, 0.717) is 5.69 Å². The molecular formula is C14H16N2O3. The summed E-state index contributed by atoms with van der Waals surface area (Å²) < 4.78 is 7.10. The molecule has 0 unspecified atom stereocenters. The predicted octanol–water partition coefficient (Wildman–Crippen LogP) is 2.67. The van der Waals surface area contributed by atoms with Crippen LogP contribution in [0.25, 0.3) is 5.69 Å². The Kier molecular flexibility index (Phi) is 3.55. The molecule has 0 aliphatic heterocycles. The lowest BCUT2D eigenvalue weighted by Gasteiger charge is -2.11. The normalized spacial score (nSPS) is 10.7. The monoisotopic (exact) mass is 260 g/mol. The summed E-state index contributed by atoms with van der Waals surface area (Å²) in [6, 6.07) is 7.25. The van der Waals surface area contributed by atoms with Crippen molar-refractivity contribution in [2.24, 2.45) is 0 Å². The number of hydrogen-bond donors (Lipinski definition) is 1. The van der Waals surface area contributed by atoms with Crippen LogP contribution in [-0.2, 0) is 0 Å². The van der Waals surface area contributed by atoms with Crippen LogP contribution >= 0.6 is 0 Å². The summed E-state index contributed by atoms with van der Waals surface area (Å²) in [6.45, 7) is 5.58. The van der Waals surface area contributed by atoms with Gasteiger partial charge in [0.25, 0.3) is 0 Å². The number of ether oxygens (including phenoxy) is 1. The Hall–Kier alpha value is -2.30. The Morgan fingerprint density at radius 1 is 1.32 bits per heavy atom. The van der Waals surface area contributed by atoms with Crippen LogP contribution in [0.2, 0.25) is 0 Å². The first-order valence-corrected chi connectivity index (χ1v) is 6.03. The highest BCUT2D eigenvalue weighted by Crippen LogP contribution is 2.19. The molecule has 0 bridgehead atoms. The van der Waals surface area contributed by atoms with Crippen molar-refractivity contribution in [1.82, 2.24) is 9.55 Å². The Morgan fingerprint density at radius 2 is 1.95 bits per heavy atom. The van der Waals surface area contributed by atoms with Crippen molar-refractivity contribution < 1.29 is 14.6 Å². The SMILES string of the molecule is Cc1ncn(-c2ccc(OC(C)C)cc2)c1C(=O)O. The van der Waals surface area contributed by atoms with E-state index >= 15 is 0 Å². The topological polar surface area (TPSA) is 64.4 Å². The molecule has 2 rings (SSSR count). The molecule has 2 aromatic rings. The minimum absolute atomic E-state index is 0.107. The number of hydrogen-bond acceptors (Lipinski definition) is 3. The van der Waals surface area contributed by atoms with Crippen LogP contribution in [0.15, 0.2) is 30.6 Å². The summed E-state index contributed by atoms with van der Waals surface area (Å²) in [7, 11) is 0. The largest absolute Gasteiger partial charge is 0.491 e. The van der Waals surface area contributed by atoms with E-state index in [2.05, 4.69) is 4.98 Å². The smallest absolute Gasteiger partial charge is 0.354 e. The van der Waals surface area contributed by atoms with Crippen LogP contribution in [0.1, 0.15) is 30.0 Å². The van der Waals surface area contributed by atoms with Gasteiger partial charge in [-0.05, 0) is 45.0 Å². The van der Waals surface area contributed by atoms with Crippen LogP contribution in [-0.4, -0.2) is 26.7 Å². The second kappa shape index (κ2) is 5.14. The van der Waals surface area contributed by atoms with Crippen molar-refractivity contribution in [1.29, 1.82) is 0 Å². The van der Waals surface area contributed by atoms with E-state index in [9.17, 15) is 9.90 Å². The third-order valence-corrected chi connectivity index (χ3v) is 2.64. The summed E-state index contributed by atoms with van der Waals surface area (Å²) in [5.41, 5.74) is 1.42. The number of imidazole rings is 1. The molecule has 1 aromatic heterocycles. The average Bonchev–Trinajstić information content (AvgIpc) is 2.71. The average molecular weight is 260 g/mol. The lowest BCUT2D eigenvalue weighted by Crippen LogP contribution is -2.08. The maximum absolute atomic E-state index is 11.2. The molecule has 0 saturated heterocycles. The van der Waals surface area contributed by atoms with E-state index in [1.165, 1.54) is 6.33 Å². The number of carboxylic acids is 1. The third-order valence-electron chi connectivity index (χ3n) is 2.64. The third kappa shape index (κ3) is 2.76. The van der Waals surface area contributed by atoms with Gasteiger partial charge in [0.15, 0.2) is 5.69 Å². The fourth-order valence-electron chi connectivity index (χ4n) is 1.85. The number of aryl methyl sites for hydroxylation is 1. The number of benzene rings is 1. The van der Waals surface area contributed by atoms with Crippen molar-refractivity contribution in [3.63, 3.8) is 0 Å². The fourth-order valence-corrected chi connectivity index (χ4v) is 1.85. The lowest BCUT2D eigenvalue weighted by atomic mass is 10.2. The van der Waals surface area contributed by atoms with Gasteiger partial charge in [0, 0.05) is 5.69 Å². The van der Waals surface area contributed by atoms with E-state index in [1.807, 2.05) is 38.1 Å². The maximum atomic E-state index is 11.2. The van der Waals surface area contributed by atoms with E-state index in [4.69, 9.17) is 4.74 Å². The molecular weight excluding hydrogens is 244 g/mol. The molecule has 0 spiro atoms. The van der Waals surface area contributed by atoms with E-state index in [-0.39, 0.29) is 11.8 Å². The Morgan fingerprint density at radius 3 is 2.47 bits per heavy atom. The second-order valence-corrected chi connectivity index (χ2v) is 4.51. The quantitative estimate of drug-likeness (QED) is 0.917. The highest BCUT2D eigenvalue weighted by Gasteiger charge is 2.15. The molecule has 0 saturated carbocycles. The number of carboxylic acid groups (broad SMARTS) is 1. The highest BCUT2D eigenvalue weighted by molar-refractivity contribution is 5.87. The summed E-state index contributed by atoms with van der Waals surface area (Å²) in [4.78, 5) is 15.2. The summed E-state index contributed by atoms with van der Waals surface area (Å²) in [5.74, 6) is -0.232. The first kappa shape index (κ1) is 13.1. The van der Waals surface area contributed by atoms with Crippen molar-refractivity contribution in [3.8, 4) is 11.4 Å². The van der Waals surface area contributed by atoms with Gasteiger partial charge in [0.1, 0.15) is 12.1 Å². The van der Waals surface area contributed by atoms with E-state index < -0.39 is 5.97 Å². The van der Waals surface area contributed by atoms with Crippen LogP contribution in [0.3, 0.4) is 0 Å². The van der Waals surface area contributed by atoms with Gasteiger partial charge in [-0.15, -0.1) is 0 Å². The zero-order chi connectivity index (χ0) is 14.0. The van der Waals surface area contributed by atoms with Gasteiger partial charge in [-0.1, -0.05) is 0 Å².